The second kappa shape index (κ2) is 6.94. The molecule has 0 unspecified atom stereocenters. The van der Waals surface area contributed by atoms with Crippen LogP contribution in [0.25, 0.3) is 0 Å². The molecule has 0 saturated carbocycles. The molecule has 0 bridgehead atoms. The zero-order valence-electron chi connectivity index (χ0n) is 11.3. The van der Waals surface area contributed by atoms with E-state index in [0.717, 1.165) is 24.6 Å². The largest absolute Gasteiger partial charge is 0.357 e. The SMILES string of the molecule is CCNC(=NCc1cnn(C)c1)NCc1ccsc1. The monoisotopic (exact) mass is 277 g/mol. The molecule has 2 heterocycles. The molecule has 0 aliphatic heterocycles. The van der Waals surface area contributed by atoms with Gasteiger partial charge in [0.25, 0.3) is 0 Å². The van der Waals surface area contributed by atoms with Crippen LogP contribution in [0.4, 0.5) is 0 Å². The van der Waals surface area contributed by atoms with Gasteiger partial charge in [0.05, 0.1) is 12.7 Å². The van der Waals surface area contributed by atoms with Crippen molar-refractivity contribution in [3.63, 3.8) is 0 Å². The predicted octanol–water partition coefficient (Wildman–Crippen LogP) is 1.74. The highest BCUT2D eigenvalue weighted by Crippen LogP contribution is 2.05. The van der Waals surface area contributed by atoms with E-state index in [-0.39, 0.29) is 0 Å². The van der Waals surface area contributed by atoms with Crippen LogP contribution in [0.1, 0.15) is 18.1 Å². The van der Waals surface area contributed by atoms with Crippen molar-refractivity contribution in [3.05, 3.63) is 40.3 Å². The minimum Gasteiger partial charge on any atom is -0.357 e. The number of guanidine groups is 1. The molecule has 0 fully saturated rings. The first kappa shape index (κ1) is 13.6. The van der Waals surface area contributed by atoms with E-state index >= 15 is 0 Å². The fourth-order valence-electron chi connectivity index (χ4n) is 1.64. The van der Waals surface area contributed by atoms with Crippen LogP contribution < -0.4 is 10.6 Å². The van der Waals surface area contributed by atoms with Crippen molar-refractivity contribution in [3.8, 4) is 0 Å². The summed E-state index contributed by atoms with van der Waals surface area (Å²) < 4.78 is 1.79. The molecule has 0 spiro atoms. The van der Waals surface area contributed by atoms with Gasteiger partial charge >= 0.3 is 0 Å². The van der Waals surface area contributed by atoms with Gasteiger partial charge in [0.15, 0.2) is 5.96 Å². The van der Waals surface area contributed by atoms with Gasteiger partial charge in [-0.25, -0.2) is 4.99 Å². The Hall–Kier alpha value is -1.82. The summed E-state index contributed by atoms with van der Waals surface area (Å²) in [5, 5.41) is 14.9. The van der Waals surface area contributed by atoms with E-state index in [4.69, 9.17) is 0 Å². The molecule has 102 valence electrons. The number of aromatic nitrogens is 2. The van der Waals surface area contributed by atoms with Crippen LogP contribution >= 0.6 is 11.3 Å². The predicted molar refractivity (Wildman–Crippen MR) is 79.2 cm³/mol. The average molecular weight is 277 g/mol. The van der Waals surface area contributed by atoms with Crippen LogP contribution in [0, 0.1) is 0 Å². The Labute approximate surface area is 117 Å². The van der Waals surface area contributed by atoms with Gasteiger partial charge in [-0.15, -0.1) is 0 Å². The van der Waals surface area contributed by atoms with Crippen molar-refractivity contribution < 1.29 is 0 Å². The molecular formula is C13H19N5S. The lowest BCUT2D eigenvalue weighted by atomic mass is 10.3. The summed E-state index contributed by atoms with van der Waals surface area (Å²) >= 11 is 1.71. The van der Waals surface area contributed by atoms with Gasteiger partial charge < -0.3 is 10.6 Å². The van der Waals surface area contributed by atoms with Crippen molar-refractivity contribution in [2.75, 3.05) is 6.54 Å². The highest BCUT2D eigenvalue weighted by Gasteiger charge is 1.99. The normalized spacial score (nSPS) is 11.6. The maximum atomic E-state index is 4.54. The Kier molecular flexibility index (Phi) is 4.97. The van der Waals surface area contributed by atoms with Gasteiger partial charge in [-0.2, -0.15) is 16.4 Å². The van der Waals surface area contributed by atoms with Gasteiger partial charge in [-0.05, 0) is 29.3 Å². The molecule has 0 aromatic carbocycles. The van der Waals surface area contributed by atoms with E-state index in [1.807, 2.05) is 19.4 Å². The van der Waals surface area contributed by atoms with Crippen LogP contribution in [0.5, 0.6) is 0 Å². The summed E-state index contributed by atoms with van der Waals surface area (Å²) in [6, 6.07) is 2.11. The average Bonchev–Trinajstić information content (AvgIpc) is 3.04. The van der Waals surface area contributed by atoms with Crippen molar-refractivity contribution in [1.29, 1.82) is 0 Å². The lowest BCUT2D eigenvalue weighted by Crippen LogP contribution is -2.36. The number of nitrogens with zero attached hydrogens (tertiary/aromatic N) is 3. The molecule has 0 atom stereocenters. The lowest BCUT2D eigenvalue weighted by Gasteiger charge is -2.10. The first-order valence-corrected chi connectivity index (χ1v) is 7.23. The molecule has 0 radical (unpaired) electrons. The van der Waals surface area contributed by atoms with Gasteiger partial charge in [-0.1, -0.05) is 0 Å². The second-order valence-electron chi connectivity index (χ2n) is 4.20. The highest BCUT2D eigenvalue weighted by molar-refractivity contribution is 7.07. The van der Waals surface area contributed by atoms with Crippen LogP contribution in [0.2, 0.25) is 0 Å². The first-order chi connectivity index (χ1) is 9.28. The molecule has 5 nitrogen and oxygen atoms in total. The summed E-state index contributed by atoms with van der Waals surface area (Å²) in [6.45, 7) is 4.34. The Morgan fingerprint density at radius 2 is 2.32 bits per heavy atom. The maximum Gasteiger partial charge on any atom is 0.191 e. The van der Waals surface area contributed by atoms with E-state index in [1.54, 1.807) is 16.0 Å². The highest BCUT2D eigenvalue weighted by atomic mass is 32.1. The van der Waals surface area contributed by atoms with Crippen LogP contribution in [0.15, 0.2) is 34.2 Å². The summed E-state index contributed by atoms with van der Waals surface area (Å²) in [4.78, 5) is 4.54. The van der Waals surface area contributed by atoms with Crippen molar-refractivity contribution >= 4 is 17.3 Å². The lowest BCUT2D eigenvalue weighted by molar-refractivity contribution is 0.766. The molecular weight excluding hydrogens is 258 g/mol. The third kappa shape index (κ3) is 4.40. The van der Waals surface area contributed by atoms with E-state index in [2.05, 4.69) is 44.5 Å². The number of nitrogens with one attached hydrogen (secondary N) is 2. The number of aryl methyl sites for hydroxylation is 1. The van der Waals surface area contributed by atoms with Crippen molar-refractivity contribution in [2.45, 2.75) is 20.0 Å². The topological polar surface area (TPSA) is 54.2 Å². The Bertz CT molecular complexity index is 515. The summed E-state index contributed by atoms with van der Waals surface area (Å²) in [5.74, 6) is 0.831. The first-order valence-electron chi connectivity index (χ1n) is 6.28. The van der Waals surface area contributed by atoms with Gasteiger partial charge in [-0.3, -0.25) is 4.68 Å². The smallest absolute Gasteiger partial charge is 0.191 e. The number of hydrogen-bond donors (Lipinski definition) is 2. The standard InChI is InChI=1S/C13H19N5S/c1-3-14-13(15-6-11-4-5-19-10-11)16-7-12-8-17-18(2)9-12/h4-5,8-10H,3,6-7H2,1-2H3,(H2,14,15,16). The Morgan fingerprint density at radius 3 is 2.95 bits per heavy atom. The third-order valence-corrected chi connectivity index (χ3v) is 3.29. The molecule has 2 aromatic heterocycles. The fraction of sp³-hybridized carbons (Fsp3) is 0.385. The molecule has 2 rings (SSSR count). The second-order valence-corrected chi connectivity index (χ2v) is 4.98. The van der Waals surface area contributed by atoms with Gasteiger partial charge in [0.2, 0.25) is 0 Å². The quantitative estimate of drug-likeness (QED) is 0.646. The molecule has 2 aromatic rings. The fourth-order valence-corrected chi connectivity index (χ4v) is 2.31. The molecule has 0 saturated heterocycles. The van der Waals surface area contributed by atoms with E-state index < -0.39 is 0 Å². The zero-order valence-corrected chi connectivity index (χ0v) is 12.1. The summed E-state index contributed by atoms with van der Waals surface area (Å²) in [7, 11) is 1.91. The summed E-state index contributed by atoms with van der Waals surface area (Å²) in [5.41, 5.74) is 2.38. The Balaban J connectivity index is 1.90. The third-order valence-electron chi connectivity index (χ3n) is 2.56. The number of aliphatic imine (C=N–C) groups is 1. The van der Waals surface area contributed by atoms with Crippen LogP contribution in [-0.2, 0) is 20.1 Å². The number of hydrogen-bond acceptors (Lipinski definition) is 3. The number of thiophene rings is 1. The van der Waals surface area contributed by atoms with E-state index in [9.17, 15) is 0 Å². The van der Waals surface area contributed by atoms with Crippen LogP contribution in [0.3, 0.4) is 0 Å². The molecule has 0 aliphatic rings. The van der Waals surface area contributed by atoms with Gasteiger partial charge in [0.1, 0.15) is 0 Å². The van der Waals surface area contributed by atoms with Crippen molar-refractivity contribution in [1.82, 2.24) is 20.4 Å². The minimum atomic E-state index is 0.632. The molecule has 19 heavy (non-hydrogen) atoms. The molecule has 0 amide bonds. The van der Waals surface area contributed by atoms with Gasteiger partial charge in [0, 0.05) is 31.9 Å². The zero-order chi connectivity index (χ0) is 13.5. The van der Waals surface area contributed by atoms with Crippen LogP contribution in [-0.4, -0.2) is 22.3 Å². The van der Waals surface area contributed by atoms with Crippen molar-refractivity contribution in [2.24, 2.45) is 12.0 Å². The Morgan fingerprint density at radius 1 is 1.42 bits per heavy atom. The van der Waals surface area contributed by atoms with E-state index in [0.29, 0.717) is 6.54 Å². The molecule has 0 aliphatic carbocycles. The minimum absolute atomic E-state index is 0.632. The van der Waals surface area contributed by atoms with E-state index in [1.165, 1.54) is 5.56 Å². The maximum absolute atomic E-state index is 4.54. The number of rotatable bonds is 5. The molecule has 2 N–H and O–H groups in total. The molecule has 6 heteroatoms. The summed E-state index contributed by atoms with van der Waals surface area (Å²) in [6.07, 6.45) is 3.82.